The van der Waals surface area contributed by atoms with Gasteiger partial charge < -0.3 is 10.3 Å². The van der Waals surface area contributed by atoms with Gasteiger partial charge in [0.25, 0.3) is 0 Å². The van der Waals surface area contributed by atoms with Gasteiger partial charge in [-0.15, -0.1) is 0 Å². The van der Waals surface area contributed by atoms with Crippen molar-refractivity contribution >= 4 is 34.8 Å². The van der Waals surface area contributed by atoms with Gasteiger partial charge in [0.2, 0.25) is 5.95 Å². The Morgan fingerprint density at radius 2 is 1.94 bits per heavy atom. The molecule has 0 aliphatic heterocycles. The molecule has 1 aromatic heterocycles. The number of nitrogens with zero attached hydrogens (tertiary/aromatic N) is 1. The highest BCUT2D eigenvalue weighted by Gasteiger charge is 2.09. The van der Waals surface area contributed by atoms with Gasteiger partial charge in [-0.25, -0.2) is 9.37 Å². The maximum Gasteiger partial charge on any atom is 0.204 e. The van der Waals surface area contributed by atoms with Crippen molar-refractivity contribution < 1.29 is 4.39 Å². The van der Waals surface area contributed by atoms with Gasteiger partial charge in [-0.3, -0.25) is 0 Å². The van der Waals surface area contributed by atoms with Gasteiger partial charge in [0.05, 0.1) is 15.7 Å². The molecule has 2 rings (SSSR count). The van der Waals surface area contributed by atoms with Crippen LogP contribution in [0.1, 0.15) is 5.69 Å². The average molecular weight is 260 g/mol. The van der Waals surface area contributed by atoms with Crippen LogP contribution in [0.15, 0.2) is 18.3 Å². The zero-order chi connectivity index (χ0) is 11.7. The summed E-state index contributed by atoms with van der Waals surface area (Å²) in [5, 5.41) is 3.31. The molecule has 0 aliphatic rings. The first kappa shape index (κ1) is 11.2. The molecule has 0 radical (unpaired) electrons. The molecule has 0 atom stereocenters. The van der Waals surface area contributed by atoms with Gasteiger partial charge in [0.1, 0.15) is 5.82 Å². The first-order valence-electron chi connectivity index (χ1n) is 4.49. The topological polar surface area (TPSA) is 40.7 Å². The number of rotatable bonds is 2. The quantitative estimate of drug-likeness (QED) is 0.859. The van der Waals surface area contributed by atoms with E-state index in [1.165, 1.54) is 12.1 Å². The van der Waals surface area contributed by atoms with Crippen LogP contribution in [-0.4, -0.2) is 9.97 Å². The van der Waals surface area contributed by atoms with Gasteiger partial charge in [0.15, 0.2) is 0 Å². The number of aryl methyl sites for hydroxylation is 1. The van der Waals surface area contributed by atoms with Gasteiger partial charge >= 0.3 is 0 Å². The Morgan fingerprint density at radius 3 is 2.44 bits per heavy atom. The average Bonchev–Trinajstić information content (AvgIpc) is 2.58. The molecular formula is C10H8Cl2FN3. The van der Waals surface area contributed by atoms with E-state index in [1.807, 2.05) is 6.92 Å². The van der Waals surface area contributed by atoms with E-state index in [4.69, 9.17) is 23.2 Å². The zero-order valence-corrected chi connectivity index (χ0v) is 9.83. The molecular weight excluding hydrogens is 252 g/mol. The molecule has 0 unspecified atom stereocenters. The summed E-state index contributed by atoms with van der Waals surface area (Å²) in [5.74, 6) is 0.0316. The predicted octanol–water partition coefficient (Wildman–Crippen LogP) is 3.91. The van der Waals surface area contributed by atoms with Crippen molar-refractivity contribution in [2.45, 2.75) is 6.92 Å². The second-order valence-corrected chi connectivity index (χ2v) is 4.10. The predicted molar refractivity (Wildman–Crippen MR) is 63.0 cm³/mol. The molecule has 0 saturated carbocycles. The van der Waals surface area contributed by atoms with Crippen LogP contribution in [0.3, 0.4) is 0 Å². The van der Waals surface area contributed by atoms with Crippen molar-refractivity contribution in [1.82, 2.24) is 9.97 Å². The van der Waals surface area contributed by atoms with Crippen LogP contribution in [0.4, 0.5) is 16.0 Å². The Balaban J connectivity index is 2.34. The number of aromatic nitrogens is 2. The Labute approximate surface area is 102 Å². The summed E-state index contributed by atoms with van der Waals surface area (Å²) in [4.78, 5) is 7.00. The van der Waals surface area contributed by atoms with E-state index in [0.717, 1.165) is 5.69 Å². The highest BCUT2D eigenvalue weighted by Crippen LogP contribution is 2.32. The summed E-state index contributed by atoms with van der Waals surface area (Å²) in [6.45, 7) is 1.87. The molecule has 0 fully saturated rings. The minimum Gasteiger partial charge on any atom is -0.328 e. The summed E-state index contributed by atoms with van der Waals surface area (Å²) in [6.07, 6.45) is 1.66. The summed E-state index contributed by atoms with van der Waals surface area (Å²) in [5.41, 5.74) is 1.33. The summed E-state index contributed by atoms with van der Waals surface area (Å²) in [6, 6.07) is 2.37. The molecule has 0 amide bonds. The normalized spacial score (nSPS) is 10.5. The molecule has 1 heterocycles. The number of aromatic amines is 1. The third-order valence-corrected chi connectivity index (χ3v) is 2.55. The van der Waals surface area contributed by atoms with Crippen molar-refractivity contribution in [3.63, 3.8) is 0 Å². The smallest absolute Gasteiger partial charge is 0.204 e. The molecule has 1 aromatic carbocycles. The maximum atomic E-state index is 12.9. The fraction of sp³-hybridized carbons (Fsp3) is 0.100. The summed E-state index contributed by atoms with van der Waals surface area (Å²) < 4.78 is 12.9. The lowest BCUT2D eigenvalue weighted by atomic mass is 10.3. The molecule has 0 aliphatic carbocycles. The van der Waals surface area contributed by atoms with Gasteiger partial charge in [-0.2, -0.15) is 0 Å². The van der Waals surface area contributed by atoms with Crippen molar-refractivity contribution in [1.29, 1.82) is 0 Å². The van der Waals surface area contributed by atoms with E-state index in [0.29, 0.717) is 11.6 Å². The van der Waals surface area contributed by atoms with E-state index < -0.39 is 5.82 Å². The third-order valence-electron chi connectivity index (χ3n) is 1.95. The van der Waals surface area contributed by atoms with Crippen LogP contribution in [0.5, 0.6) is 0 Å². The van der Waals surface area contributed by atoms with E-state index in [9.17, 15) is 4.39 Å². The second kappa shape index (κ2) is 4.31. The standard InChI is InChI=1S/C10H8Cl2FN3/c1-5-4-14-10(15-5)16-9-7(11)2-6(13)3-8(9)12/h2-4H,1H3,(H2,14,15,16). The first-order chi connectivity index (χ1) is 7.56. The molecule has 2 N–H and O–H groups in total. The van der Waals surface area contributed by atoms with Crippen LogP contribution in [-0.2, 0) is 0 Å². The number of benzene rings is 1. The van der Waals surface area contributed by atoms with Crippen LogP contribution in [0.2, 0.25) is 10.0 Å². The van der Waals surface area contributed by atoms with E-state index in [1.54, 1.807) is 6.20 Å². The lowest BCUT2D eigenvalue weighted by Gasteiger charge is -2.07. The number of hydrogen-bond donors (Lipinski definition) is 2. The molecule has 3 nitrogen and oxygen atoms in total. The maximum absolute atomic E-state index is 12.9. The highest BCUT2D eigenvalue weighted by molar-refractivity contribution is 6.39. The Hall–Kier alpha value is -1.26. The SMILES string of the molecule is Cc1cnc(Nc2c(Cl)cc(F)cc2Cl)[nH]1. The number of hydrogen-bond acceptors (Lipinski definition) is 2. The summed E-state index contributed by atoms with van der Waals surface area (Å²) in [7, 11) is 0. The number of H-pyrrole nitrogens is 1. The number of anilines is 2. The molecule has 0 spiro atoms. The van der Waals surface area contributed by atoms with Crippen molar-refractivity contribution in [3.05, 3.63) is 39.9 Å². The highest BCUT2D eigenvalue weighted by atomic mass is 35.5. The molecule has 0 bridgehead atoms. The van der Waals surface area contributed by atoms with Crippen molar-refractivity contribution in [3.8, 4) is 0 Å². The van der Waals surface area contributed by atoms with Crippen LogP contribution >= 0.6 is 23.2 Å². The van der Waals surface area contributed by atoms with Gasteiger partial charge in [0, 0.05) is 11.9 Å². The Kier molecular flexibility index (Phi) is 3.03. The fourth-order valence-corrected chi connectivity index (χ4v) is 1.81. The molecule has 16 heavy (non-hydrogen) atoms. The van der Waals surface area contributed by atoms with Gasteiger partial charge in [-0.05, 0) is 19.1 Å². The van der Waals surface area contributed by atoms with Crippen molar-refractivity contribution in [2.75, 3.05) is 5.32 Å². The second-order valence-electron chi connectivity index (χ2n) is 3.28. The van der Waals surface area contributed by atoms with Crippen LogP contribution < -0.4 is 5.32 Å². The lowest BCUT2D eigenvalue weighted by molar-refractivity contribution is 0.628. The molecule has 84 valence electrons. The minimum absolute atomic E-state index is 0.207. The third kappa shape index (κ3) is 2.28. The Bertz CT molecular complexity index is 502. The summed E-state index contributed by atoms with van der Waals surface area (Å²) >= 11 is 11.7. The largest absolute Gasteiger partial charge is 0.328 e. The Morgan fingerprint density at radius 1 is 1.31 bits per heavy atom. The first-order valence-corrected chi connectivity index (χ1v) is 5.25. The fourth-order valence-electron chi connectivity index (χ4n) is 1.26. The van der Waals surface area contributed by atoms with E-state index >= 15 is 0 Å². The van der Waals surface area contributed by atoms with Crippen LogP contribution in [0.25, 0.3) is 0 Å². The van der Waals surface area contributed by atoms with E-state index in [2.05, 4.69) is 15.3 Å². The van der Waals surface area contributed by atoms with E-state index in [-0.39, 0.29) is 10.0 Å². The van der Waals surface area contributed by atoms with Crippen LogP contribution in [0, 0.1) is 12.7 Å². The van der Waals surface area contributed by atoms with Gasteiger partial charge in [-0.1, -0.05) is 23.2 Å². The molecule has 2 aromatic rings. The van der Waals surface area contributed by atoms with Crippen molar-refractivity contribution in [2.24, 2.45) is 0 Å². The number of imidazole rings is 1. The molecule has 6 heteroatoms. The zero-order valence-electron chi connectivity index (χ0n) is 8.31. The monoisotopic (exact) mass is 259 g/mol. The minimum atomic E-state index is -0.476. The molecule has 0 saturated heterocycles. The number of halogens is 3. The number of nitrogens with one attached hydrogen (secondary N) is 2. The lowest BCUT2D eigenvalue weighted by Crippen LogP contribution is -1.95.